The molecule has 0 aliphatic carbocycles. The summed E-state index contributed by atoms with van der Waals surface area (Å²) >= 11 is 0. The number of methoxy groups -OCH3 is 2. The number of aromatic nitrogens is 2. The van der Waals surface area contributed by atoms with Gasteiger partial charge in [-0.1, -0.05) is 0 Å². The van der Waals surface area contributed by atoms with E-state index in [1.165, 1.54) is 0 Å². The number of aromatic amines is 1. The highest BCUT2D eigenvalue weighted by molar-refractivity contribution is 5.13. The Morgan fingerprint density at radius 3 is 2.73 bits per heavy atom. The van der Waals surface area contributed by atoms with Crippen molar-refractivity contribution in [3.8, 4) is 0 Å². The highest BCUT2D eigenvalue weighted by atomic mass is 16.5. The first-order valence-electron chi connectivity index (χ1n) is 4.97. The van der Waals surface area contributed by atoms with E-state index in [0.29, 0.717) is 13.2 Å². The van der Waals surface area contributed by atoms with E-state index < -0.39 is 0 Å². The largest absolute Gasteiger partial charge is 0.385 e. The third-order valence-electron chi connectivity index (χ3n) is 2.27. The Bertz CT molecular complexity index is 299. The van der Waals surface area contributed by atoms with Crippen LogP contribution in [0.25, 0.3) is 0 Å². The number of ether oxygens (including phenoxy) is 2. The summed E-state index contributed by atoms with van der Waals surface area (Å²) in [5, 5.41) is 0. The standard InChI is InChI=1S/C10H19N3O2/c1-7-9(6-15-3)13-10(12-7)8(11)4-5-14-2/h8H,4-6,11H2,1-3H3,(H,12,13). The van der Waals surface area contributed by atoms with E-state index in [4.69, 9.17) is 15.2 Å². The fraction of sp³-hybridized carbons (Fsp3) is 0.700. The molecule has 0 fully saturated rings. The van der Waals surface area contributed by atoms with E-state index in [1.54, 1.807) is 14.2 Å². The van der Waals surface area contributed by atoms with Crippen molar-refractivity contribution in [3.05, 3.63) is 17.2 Å². The van der Waals surface area contributed by atoms with Crippen LogP contribution in [0, 0.1) is 6.92 Å². The number of nitrogens with one attached hydrogen (secondary N) is 1. The Kier molecular flexibility index (Phi) is 4.74. The maximum Gasteiger partial charge on any atom is 0.123 e. The topological polar surface area (TPSA) is 73.2 Å². The number of nitrogens with two attached hydrogens (primary N) is 1. The van der Waals surface area contributed by atoms with Gasteiger partial charge >= 0.3 is 0 Å². The molecule has 0 amide bonds. The molecule has 1 heterocycles. The van der Waals surface area contributed by atoms with Crippen LogP contribution in [0.2, 0.25) is 0 Å². The summed E-state index contributed by atoms with van der Waals surface area (Å²) in [7, 11) is 3.31. The minimum atomic E-state index is -0.103. The second-order valence-corrected chi connectivity index (χ2v) is 3.51. The molecule has 1 atom stereocenters. The number of nitrogens with zero attached hydrogens (tertiary/aromatic N) is 1. The molecular formula is C10H19N3O2. The molecule has 5 heteroatoms. The quantitative estimate of drug-likeness (QED) is 0.736. The molecule has 1 aromatic rings. The number of hydrogen-bond donors (Lipinski definition) is 2. The SMILES string of the molecule is COCCC(N)c1nc(COC)c(C)[nH]1. The van der Waals surface area contributed by atoms with Gasteiger partial charge in [-0.15, -0.1) is 0 Å². The minimum absolute atomic E-state index is 0.103. The van der Waals surface area contributed by atoms with E-state index in [-0.39, 0.29) is 6.04 Å². The molecule has 1 rings (SSSR count). The van der Waals surface area contributed by atoms with Crippen molar-refractivity contribution in [2.45, 2.75) is 26.0 Å². The van der Waals surface area contributed by atoms with Crippen molar-refractivity contribution in [1.29, 1.82) is 0 Å². The zero-order valence-electron chi connectivity index (χ0n) is 9.54. The lowest BCUT2D eigenvalue weighted by molar-refractivity contribution is 0.180. The maximum atomic E-state index is 5.94. The van der Waals surface area contributed by atoms with Gasteiger partial charge in [0.15, 0.2) is 0 Å². The Morgan fingerprint density at radius 2 is 2.13 bits per heavy atom. The van der Waals surface area contributed by atoms with Gasteiger partial charge in [-0.25, -0.2) is 4.98 Å². The van der Waals surface area contributed by atoms with Crippen LogP contribution in [0.1, 0.15) is 29.7 Å². The van der Waals surface area contributed by atoms with Crippen LogP contribution in [0.15, 0.2) is 0 Å². The molecule has 0 spiro atoms. The molecule has 86 valence electrons. The van der Waals surface area contributed by atoms with Crippen LogP contribution in [0.4, 0.5) is 0 Å². The average molecular weight is 213 g/mol. The molecule has 0 radical (unpaired) electrons. The lowest BCUT2D eigenvalue weighted by atomic mass is 10.2. The van der Waals surface area contributed by atoms with Crippen LogP contribution < -0.4 is 5.73 Å². The molecule has 1 unspecified atom stereocenters. The van der Waals surface area contributed by atoms with Gasteiger partial charge < -0.3 is 20.2 Å². The number of hydrogen-bond acceptors (Lipinski definition) is 4. The van der Waals surface area contributed by atoms with Crippen molar-refractivity contribution in [2.75, 3.05) is 20.8 Å². The van der Waals surface area contributed by atoms with E-state index in [0.717, 1.165) is 23.6 Å². The predicted molar refractivity (Wildman–Crippen MR) is 57.5 cm³/mol. The fourth-order valence-corrected chi connectivity index (χ4v) is 1.36. The molecule has 0 saturated heterocycles. The van der Waals surface area contributed by atoms with Gasteiger partial charge in [-0.3, -0.25) is 0 Å². The van der Waals surface area contributed by atoms with Crippen molar-refractivity contribution >= 4 is 0 Å². The third-order valence-corrected chi connectivity index (χ3v) is 2.27. The summed E-state index contributed by atoms with van der Waals surface area (Å²) in [6.45, 7) is 3.12. The zero-order chi connectivity index (χ0) is 11.3. The first-order chi connectivity index (χ1) is 7.19. The summed E-state index contributed by atoms with van der Waals surface area (Å²) in [5.74, 6) is 0.802. The van der Waals surface area contributed by atoms with E-state index in [9.17, 15) is 0 Å². The van der Waals surface area contributed by atoms with Crippen LogP contribution >= 0.6 is 0 Å². The molecule has 0 aromatic carbocycles. The first-order valence-corrected chi connectivity index (χ1v) is 4.97. The normalized spacial score (nSPS) is 13.1. The molecule has 0 aliphatic heterocycles. The number of aryl methyl sites for hydroxylation is 1. The smallest absolute Gasteiger partial charge is 0.123 e. The monoisotopic (exact) mass is 213 g/mol. The second-order valence-electron chi connectivity index (χ2n) is 3.51. The summed E-state index contributed by atoms with van der Waals surface area (Å²) in [6.07, 6.45) is 0.760. The van der Waals surface area contributed by atoms with E-state index in [2.05, 4.69) is 9.97 Å². The lowest BCUT2D eigenvalue weighted by Gasteiger charge is -2.06. The maximum absolute atomic E-state index is 5.94. The molecule has 0 aliphatic rings. The highest BCUT2D eigenvalue weighted by Gasteiger charge is 2.12. The Morgan fingerprint density at radius 1 is 1.40 bits per heavy atom. The minimum Gasteiger partial charge on any atom is -0.385 e. The van der Waals surface area contributed by atoms with Crippen molar-refractivity contribution in [2.24, 2.45) is 5.73 Å². The average Bonchev–Trinajstić information content (AvgIpc) is 2.58. The van der Waals surface area contributed by atoms with E-state index >= 15 is 0 Å². The number of H-pyrrole nitrogens is 1. The predicted octanol–water partition coefficient (Wildman–Crippen LogP) is 0.901. The van der Waals surface area contributed by atoms with Crippen molar-refractivity contribution in [3.63, 3.8) is 0 Å². The van der Waals surface area contributed by atoms with Crippen molar-refractivity contribution in [1.82, 2.24) is 9.97 Å². The molecule has 1 aromatic heterocycles. The summed E-state index contributed by atoms with van der Waals surface area (Å²) in [6, 6.07) is -0.103. The van der Waals surface area contributed by atoms with Gasteiger partial charge in [-0.2, -0.15) is 0 Å². The molecule has 3 N–H and O–H groups in total. The van der Waals surface area contributed by atoms with Gasteiger partial charge in [0.2, 0.25) is 0 Å². The van der Waals surface area contributed by atoms with Gasteiger partial charge in [0.05, 0.1) is 18.3 Å². The van der Waals surface area contributed by atoms with Gasteiger partial charge in [-0.05, 0) is 13.3 Å². The Labute approximate surface area is 90.0 Å². The third kappa shape index (κ3) is 3.30. The van der Waals surface area contributed by atoms with Crippen LogP contribution in [0.3, 0.4) is 0 Å². The number of imidazole rings is 1. The Balaban J connectivity index is 2.64. The summed E-state index contributed by atoms with van der Waals surface area (Å²) < 4.78 is 10.0. The van der Waals surface area contributed by atoms with Crippen LogP contribution in [-0.2, 0) is 16.1 Å². The fourth-order valence-electron chi connectivity index (χ4n) is 1.36. The zero-order valence-corrected chi connectivity index (χ0v) is 9.54. The molecule has 5 nitrogen and oxygen atoms in total. The summed E-state index contributed by atoms with van der Waals surface area (Å²) in [5.41, 5.74) is 7.88. The van der Waals surface area contributed by atoms with Crippen molar-refractivity contribution < 1.29 is 9.47 Å². The Hall–Kier alpha value is -0.910. The number of rotatable bonds is 6. The lowest BCUT2D eigenvalue weighted by Crippen LogP contribution is -2.14. The van der Waals surface area contributed by atoms with Crippen LogP contribution in [-0.4, -0.2) is 30.8 Å². The van der Waals surface area contributed by atoms with Gasteiger partial charge in [0, 0.05) is 26.5 Å². The summed E-state index contributed by atoms with van der Waals surface area (Å²) in [4.78, 5) is 7.56. The second kappa shape index (κ2) is 5.85. The molecule has 0 bridgehead atoms. The van der Waals surface area contributed by atoms with Gasteiger partial charge in [0.1, 0.15) is 5.82 Å². The molecular weight excluding hydrogens is 194 g/mol. The highest BCUT2D eigenvalue weighted by Crippen LogP contribution is 2.13. The van der Waals surface area contributed by atoms with Gasteiger partial charge in [0.25, 0.3) is 0 Å². The first kappa shape index (κ1) is 12.2. The molecule has 15 heavy (non-hydrogen) atoms. The van der Waals surface area contributed by atoms with Crippen LogP contribution in [0.5, 0.6) is 0 Å². The molecule has 0 saturated carbocycles. The van der Waals surface area contributed by atoms with E-state index in [1.807, 2.05) is 6.92 Å².